The van der Waals surface area contributed by atoms with Crippen LogP contribution in [0.1, 0.15) is 27.7 Å². The minimum absolute atomic E-state index is 0.233. The van der Waals surface area contributed by atoms with Gasteiger partial charge in [0.25, 0.3) is 5.91 Å². The molecule has 0 spiro atoms. The van der Waals surface area contributed by atoms with Crippen LogP contribution in [0, 0.1) is 6.92 Å². The molecule has 0 bridgehead atoms. The molecule has 0 saturated heterocycles. The van der Waals surface area contributed by atoms with Crippen LogP contribution in [0.3, 0.4) is 0 Å². The number of nitrogens with zero attached hydrogens (tertiary/aromatic N) is 2. The number of benzene rings is 2. The predicted molar refractivity (Wildman–Crippen MR) is 142 cm³/mol. The van der Waals surface area contributed by atoms with E-state index in [1.54, 1.807) is 24.5 Å². The Hall–Kier alpha value is -3.75. The van der Waals surface area contributed by atoms with Crippen LogP contribution in [-0.4, -0.2) is 18.0 Å². The third-order valence-electron chi connectivity index (χ3n) is 5.42. The van der Waals surface area contributed by atoms with Crippen LogP contribution in [0.4, 0.5) is 10.8 Å². The summed E-state index contributed by atoms with van der Waals surface area (Å²) in [6.07, 6.45) is 0.833. The Kier molecular flexibility index (Phi) is 6.48. The lowest BCUT2D eigenvalue weighted by atomic mass is 10.1. The lowest BCUT2D eigenvalue weighted by Crippen LogP contribution is -2.21. The summed E-state index contributed by atoms with van der Waals surface area (Å²) in [6, 6.07) is 19.0. The van der Waals surface area contributed by atoms with Gasteiger partial charge in [-0.25, -0.2) is 9.98 Å². The molecule has 2 aromatic carbocycles. The van der Waals surface area contributed by atoms with Gasteiger partial charge in [-0.15, -0.1) is 22.7 Å². The normalized spacial score (nSPS) is 11.7. The Balaban J connectivity index is 1.59. The molecular weight excluding hydrogens is 478 g/mol. The second-order valence-corrected chi connectivity index (χ2v) is 9.93. The van der Waals surface area contributed by atoms with Crippen molar-refractivity contribution >= 4 is 50.4 Å². The van der Waals surface area contributed by atoms with E-state index in [9.17, 15) is 4.79 Å². The molecule has 1 amide bonds. The smallest absolute Gasteiger partial charge is 0.262 e. The van der Waals surface area contributed by atoms with Crippen molar-refractivity contribution in [1.29, 1.82) is 0 Å². The number of rotatable bonds is 6. The molecule has 0 fully saturated rings. The number of carbonyl (C=O) groups is 1. The number of carbonyl (C=O) groups excluding carboxylic acids is 1. The number of amides is 1. The fraction of sp³-hybridized carbons (Fsp3) is 0.148. The molecule has 0 aliphatic heterocycles. The molecule has 0 aliphatic rings. The number of anilines is 1. The highest BCUT2D eigenvalue weighted by molar-refractivity contribution is 7.17. The number of aryl methyl sites for hydroxylation is 2. The summed E-state index contributed by atoms with van der Waals surface area (Å²) in [5, 5.41) is 6.28. The summed E-state index contributed by atoms with van der Waals surface area (Å²) < 4.78 is 11.5. The predicted octanol–water partition coefficient (Wildman–Crippen LogP) is 6.98. The zero-order chi connectivity index (χ0) is 24.4. The third kappa shape index (κ3) is 4.89. The van der Waals surface area contributed by atoms with E-state index < -0.39 is 0 Å². The quantitative estimate of drug-likeness (QED) is 0.272. The van der Waals surface area contributed by atoms with Crippen LogP contribution in [0.2, 0.25) is 0 Å². The van der Waals surface area contributed by atoms with Crippen molar-refractivity contribution < 1.29 is 13.9 Å². The minimum Gasteiger partial charge on any atom is -0.497 e. The minimum atomic E-state index is -0.334. The summed E-state index contributed by atoms with van der Waals surface area (Å²) in [7, 11) is 1.60. The van der Waals surface area contributed by atoms with Crippen molar-refractivity contribution in [2.45, 2.75) is 20.3 Å². The zero-order valence-corrected chi connectivity index (χ0v) is 21.1. The number of methoxy groups -OCH3 is 1. The van der Waals surface area contributed by atoms with E-state index in [0.29, 0.717) is 27.7 Å². The number of aromatic nitrogens is 1. The van der Waals surface area contributed by atoms with Crippen molar-refractivity contribution in [2.24, 2.45) is 4.99 Å². The summed E-state index contributed by atoms with van der Waals surface area (Å²) in [4.78, 5) is 25.1. The largest absolute Gasteiger partial charge is 0.497 e. The Bertz CT molecular complexity index is 1580. The van der Waals surface area contributed by atoms with Crippen LogP contribution < -0.4 is 15.6 Å². The highest BCUT2D eigenvalue weighted by Gasteiger charge is 2.18. The number of hydrogen-bond donors (Lipinski definition) is 1. The van der Waals surface area contributed by atoms with Crippen molar-refractivity contribution in [1.82, 2.24) is 4.98 Å². The van der Waals surface area contributed by atoms with Crippen LogP contribution >= 0.6 is 22.7 Å². The van der Waals surface area contributed by atoms with E-state index in [2.05, 4.69) is 17.2 Å². The van der Waals surface area contributed by atoms with Crippen LogP contribution in [-0.2, 0) is 6.42 Å². The SMILES string of the molecule is CCc1sc(NC(=O)c2cc3cc(OC)ccc3oc2=Nc2cccc(C)c2)nc1-c1cccs1. The Morgan fingerprint density at radius 2 is 2.03 bits per heavy atom. The molecule has 35 heavy (non-hydrogen) atoms. The first-order valence-electron chi connectivity index (χ1n) is 11.1. The molecule has 0 saturated carbocycles. The van der Waals surface area contributed by atoms with Gasteiger partial charge in [-0.3, -0.25) is 10.1 Å². The molecule has 0 aliphatic carbocycles. The highest BCUT2D eigenvalue weighted by atomic mass is 32.1. The number of thiazole rings is 1. The monoisotopic (exact) mass is 501 g/mol. The van der Waals surface area contributed by atoms with Gasteiger partial charge in [0.05, 0.1) is 23.4 Å². The number of nitrogens with one attached hydrogen (secondary N) is 1. The van der Waals surface area contributed by atoms with Crippen molar-refractivity contribution in [3.05, 3.63) is 87.6 Å². The maximum absolute atomic E-state index is 13.5. The average molecular weight is 502 g/mol. The third-order valence-corrected chi connectivity index (χ3v) is 7.42. The van der Waals surface area contributed by atoms with Crippen molar-refractivity contribution in [3.8, 4) is 16.3 Å². The first kappa shape index (κ1) is 23.0. The zero-order valence-electron chi connectivity index (χ0n) is 19.5. The topological polar surface area (TPSA) is 76.7 Å². The Morgan fingerprint density at radius 1 is 1.14 bits per heavy atom. The number of ether oxygens (including phenoxy) is 1. The molecule has 3 aromatic heterocycles. The van der Waals surface area contributed by atoms with E-state index in [1.165, 1.54) is 11.3 Å². The second-order valence-electron chi connectivity index (χ2n) is 7.90. The maximum Gasteiger partial charge on any atom is 0.262 e. The van der Waals surface area contributed by atoms with E-state index in [0.717, 1.165) is 32.8 Å². The molecule has 1 N–H and O–H groups in total. The molecule has 3 heterocycles. The highest BCUT2D eigenvalue weighted by Crippen LogP contribution is 2.34. The van der Waals surface area contributed by atoms with Gasteiger partial charge in [0.2, 0.25) is 5.55 Å². The number of fused-ring (bicyclic) bond motifs is 1. The van der Waals surface area contributed by atoms with Gasteiger partial charge in [0.1, 0.15) is 16.9 Å². The summed E-state index contributed by atoms with van der Waals surface area (Å²) in [5.41, 5.74) is 3.85. The van der Waals surface area contributed by atoms with Gasteiger partial charge in [-0.05, 0) is 66.8 Å². The van der Waals surface area contributed by atoms with E-state index in [4.69, 9.17) is 14.1 Å². The summed E-state index contributed by atoms with van der Waals surface area (Å²) in [5.74, 6) is 0.342. The number of thiophene rings is 1. The van der Waals surface area contributed by atoms with Gasteiger partial charge >= 0.3 is 0 Å². The van der Waals surface area contributed by atoms with Crippen LogP contribution in [0.15, 0.2) is 75.5 Å². The standard InChI is InChI=1S/C27H23N3O3S2/c1-4-22-24(23-9-6-12-34-23)29-27(35-22)30-25(31)20-15-17-14-19(32-3)10-11-21(17)33-26(20)28-18-8-5-7-16(2)13-18/h5-15H,4H2,1-3H3,(H,29,30,31). The Labute approximate surface area is 210 Å². The van der Waals surface area contributed by atoms with Crippen molar-refractivity contribution in [3.63, 3.8) is 0 Å². The van der Waals surface area contributed by atoms with E-state index >= 15 is 0 Å². The molecule has 5 rings (SSSR count). The van der Waals surface area contributed by atoms with Gasteiger partial charge < -0.3 is 9.15 Å². The van der Waals surface area contributed by atoms with E-state index in [-0.39, 0.29) is 11.5 Å². The molecule has 0 atom stereocenters. The lowest BCUT2D eigenvalue weighted by molar-refractivity contribution is 0.102. The molecule has 176 valence electrons. The van der Waals surface area contributed by atoms with Crippen molar-refractivity contribution in [2.75, 3.05) is 12.4 Å². The lowest BCUT2D eigenvalue weighted by Gasteiger charge is -2.07. The summed E-state index contributed by atoms with van der Waals surface area (Å²) in [6.45, 7) is 4.08. The van der Waals surface area contributed by atoms with Crippen LogP contribution in [0.5, 0.6) is 5.75 Å². The molecule has 0 unspecified atom stereocenters. The summed E-state index contributed by atoms with van der Waals surface area (Å²) >= 11 is 3.12. The molecule has 6 nitrogen and oxygen atoms in total. The van der Waals surface area contributed by atoms with Crippen LogP contribution in [0.25, 0.3) is 21.5 Å². The fourth-order valence-corrected chi connectivity index (χ4v) is 5.43. The first-order valence-corrected chi connectivity index (χ1v) is 12.8. The fourth-order valence-electron chi connectivity index (χ4n) is 3.71. The average Bonchev–Trinajstić information content (AvgIpc) is 3.53. The molecular formula is C27H23N3O3S2. The molecule has 5 aromatic rings. The maximum atomic E-state index is 13.5. The van der Waals surface area contributed by atoms with Gasteiger partial charge in [0, 0.05) is 10.3 Å². The number of hydrogen-bond acceptors (Lipinski definition) is 7. The first-order chi connectivity index (χ1) is 17.0. The van der Waals surface area contributed by atoms with Gasteiger partial charge in [-0.1, -0.05) is 25.1 Å². The van der Waals surface area contributed by atoms with E-state index in [1.807, 2.05) is 66.9 Å². The molecule has 8 heteroatoms. The Morgan fingerprint density at radius 3 is 2.77 bits per heavy atom. The van der Waals surface area contributed by atoms with Gasteiger partial charge in [-0.2, -0.15) is 0 Å². The molecule has 0 radical (unpaired) electrons. The van der Waals surface area contributed by atoms with Gasteiger partial charge in [0.15, 0.2) is 5.13 Å². The second kappa shape index (κ2) is 9.85.